The quantitative estimate of drug-likeness (QED) is 0.356. The van der Waals surface area contributed by atoms with Gasteiger partial charge in [-0.1, -0.05) is 59.3 Å². The average Bonchev–Trinajstić information content (AvgIpc) is 3.25. The third-order valence-corrected chi connectivity index (χ3v) is 6.89. The van der Waals surface area contributed by atoms with Gasteiger partial charge in [-0.25, -0.2) is 4.57 Å². The number of aromatic nitrogens is 4. The van der Waals surface area contributed by atoms with Gasteiger partial charge < -0.3 is 5.32 Å². The predicted molar refractivity (Wildman–Crippen MR) is 141 cm³/mol. The predicted octanol–water partition coefficient (Wildman–Crippen LogP) is 5.00. The number of nitrogens with zero attached hydrogens (tertiary/aromatic N) is 4. The van der Waals surface area contributed by atoms with Crippen molar-refractivity contribution in [2.75, 3.05) is 11.1 Å². The Hall–Kier alpha value is -3.91. The van der Waals surface area contributed by atoms with Gasteiger partial charge in [0, 0.05) is 5.69 Å². The molecule has 3 aromatic carbocycles. The number of amides is 1. The zero-order valence-corrected chi connectivity index (χ0v) is 20.8. The molecule has 0 fully saturated rings. The van der Waals surface area contributed by atoms with E-state index >= 15 is 0 Å². The van der Waals surface area contributed by atoms with E-state index in [1.807, 2.05) is 74.6 Å². The number of thioether (sulfide) groups is 1. The Morgan fingerprint density at radius 1 is 0.914 bits per heavy atom. The van der Waals surface area contributed by atoms with Crippen LogP contribution in [0, 0.1) is 27.7 Å². The molecule has 0 spiro atoms. The highest BCUT2D eigenvalue weighted by Crippen LogP contribution is 2.25. The number of carbonyl (C=O) groups is 1. The van der Waals surface area contributed by atoms with E-state index in [4.69, 9.17) is 0 Å². The average molecular weight is 484 g/mol. The lowest BCUT2D eigenvalue weighted by Gasteiger charge is -2.13. The fourth-order valence-electron chi connectivity index (χ4n) is 4.38. The topological polar surface area (TPSA) is 81.3 Å². The molecular weight excluding hydrogens is 458 g/mol. The number of anilines is 1. The van der Waals surface area contributed by atoms with Crippen molar-refractivity contribution < 1.29 is 4.79 Å². The van der Waals surface area contributed by atoms with E-state index in [2.05, 4.69) is 27.6 Å². The SMILES string of the molecule is Cc1ccc(-n2c(=O)c3ccccc3n3c(SCC(=O)Nc4c(C)cc(C)cc4C)nnc23)cc1. The van der Waals surface area contributed by atoms with Crippen LogP contribution in [0.15, 0.2) is 70.6 Å². The van der Waals surface area contributed by atoms with E-state index < -0.39 is 0 Å². The molecule has 0 aliphatic heterocycles. The normalized spacial score (nSPS) is 11.3. The van der Waals surface area contributed by atoms with Gasteiger partial charge in [0.15, 0.2) is 5.16 Å². The second kappa shape index (κ2) is 9.03. The van der Waals surface area contributed by atoms with Crippen molar-refractivity contribution in [3.05, 3.63) is 93.3 Å². The van der Waals surface area contributed by atoms with Gasteiger partial charge in [0.2, 0.25) is 11.7 Å². The van der Waals surface area contributed by atoms with Crippen molar-refractivity contribution in [3.63, 3.8) is 0 Å². The summed E-state index contributed by atoms with van der Waals surface area (Å²) >= 11 is 1.29. The first-order chi connectivity index (χ1) is 16.8. The van der Waals surface area contributed by atoms with Crippen LogP contribution < -0.4 is 10.9 Å². The van der Waals surface area contributed by atoms with E-state index in [1.54, 1.807) is 10.6 Å². The number of rotatable bonds is 5. The molecule has 0 saturated heterocycles. The maximum absolute atomic E-state index is 13.4. The van der Waals surface area contributed by atoms with Crippen molar-refractivity contribution >= 4 is 40.0 Å². The van der Waals surface area contributed by atoms with Crippen molar-refractivity contribution in [2.24, 2.45) is 0 Å². The summed E-state index contributed by atoms with van der Waals surface area (Å²) in [5, 5.41) is 12.8. The first-order valence-corrected chi connectivity index (χ1v) is 12.3. The molecule has 0 unspecified atom stereocenters. The van der Waals surface area contributed by atoms with Gasteiger partial charge in [-0.2, -0.15) is 0 Å². The maximum atomic E-state index is 13.4. The number of para-hydroxylation sites is 1. The molecule has 8 heteroatoms. The summed E-state index contributed by atoms with van der Waals surface area (Å²) in [6.45, 7) is 8.02. The molecule has 5 aromatic rings. The van der Waals surface area contributed by atoms with E-state index in [9.17, 15) is 9.59 Å². The molecule has 0 bridgehead atoms. The van der Waals surface area contributed by atoms with Crippen LogP contribution >= 0.6 is 11.8 Å². The molecule has 2 aromatic heterocycles. The monoisotopic (exact) mass is 483 g/mol. The Morgan fingerprint density at radius 2 is 1.60 bits per heavy atom. The standard InChI is InChI=1S/C27H25N5O2S/c1-16-9-11-20(12-10-16)31-25(34)21-7-5-6-8-22(21)32-26(31)29-30-27(32)35-15-23(33)28-24-18(3)13-17(2)14-19(24)4/h5-14H,15H2,1-4H3,(H,28,33). The minimum Gasteiger partial charge on any atom is -0.325 e. The summed E-state index contributed by atoms with van der Waals surface area (Å²) in [7, 11) is 0. The molecule has 2 heterocycles. The van der Waals surface area contributed by atoms with Gasteiger partial charge in [-0.15, -0.1) is 10.2 Å². The van der Waals surface area contributed by atoms with E-state index in [-0.39, 0.29) is 17.2 Å². The van der Waals surface area contributed by atoms with Gasteiger partial charge in [0.1, 0.15) is 0 Å². The number of benzene rings is 3. The van der Waals surface area contributed by atoms with Gasteiger partial charge in [-0.05, 0) is 63.1 Å². The molecule has 35 heavy (non-hydrogen) atoms. The second-order valence-electron chi connectivity index (χ2n) is 8.72. The lowest BCUT2D eigenvalue weighted by Crippen LogP contribution is -2.22. The fourth-order valence-corrected chi connectivity index (χ4v) is 5.12. The number of fused-ring (bicyclic) bond motifs is 3. The Balaban J connectivity index is 1.53. The zero-order valence-electron chi connectivity index (χ0n) is 20.0. The number of hydrogen-bond donors (Lipinski definition) is 1. The Bertz CT molecular complexity index is 1630. The number of carbonyl (C=O) groups excluding carboxylic acids is 1. The zero-order chi connectivity index (χ0) is 24.7. The van der Waals surface area contributed by atoms with Crippen LogP contribution in [0.3, 0.4) is 0 Å². The number of aryl methyl sites for hydroxylation is 4. The molecule has 5 rings (SSSR count). The molecule has 7 nitrogen and oxygen atoms in total. The van der Waals surface area contributed by atoms with Crippen LogP contribution in [-0.2, 0) is 4.79 Å². The third kappa shape index (κ3) is 4.21. The molecule has 0 aliphatic carbocycles. The number of nitrogens with one attached hydrogen (secondary N) is 1. The van der Waals surface area contributed by atoms with Crippen LogP contribution in [0.5, 0.6) is 0 Å². The van der Waals surface area contributed by atoms with Crippen molar-refractivity contribution in [2.45, 2.75) is 32.9 Å². The van der Waals surface area contributed by atoms with Crippen molar-refractivity contribution in [1.82, 2.24) is 19.2 Å². The maximum Gasteiger partial charge on any atom is 0.267 e. The summed E-state index contributed by atoms with van der Waals surface area (Å²) < 4.78 is 3.41. The van der Waals surface area contributed by atoms with E-state index in [1.165, 1.54) is 11.8 Å². The highest BCUT2D eigenvalue weighted by Gasteiger charge is 2.19. The molecular formula is C27H25N5O2S. The van der Waals surface area contributed by atoms with Crippen LogP contribution in [-0.4, -0.2) is 30.8 Å². The highest BCUT2D eigenvalue weighted by atomic mass is 32.2. The highest BCUT2D eigenvalue weighted by molar-refractivity contribution is 7.99. The molecule has 0 saturated carbocycles. The van der Waals surface area contributed by atoms with E-state index in [0.29, 0.717) is 27.5 Å². The van der Waals surface area contributed by atoms with Gasteiger partial charge in [0.25, 0.3) is 5.56 Å². The molecule has 1 amide bonds. The molecule has 0 aliphatic rings. The Morgan fingerprint density at radius 3 is 2.31 bits per heavy atom. The second-order valence-corrected chi connectivity index (χ2v) is 9.66. The minimum atomic E-state index is -0.163. The van der Waals surface area contributed by atoms with Crippen LogP contribution in [0.2, 0.25) is 0 Å². The Labute approximate surface area is 206 Å². The Kier molecular flexibility index (Phi) is 5.90. The lowest BCUT2D eigenvalue weighted by molar-refractivity contribution is -0.113. The lowest BCUT2D eigenvalue weighted by atomic mass is 10.1. The van der Waals surface area contributed by atoms with Crippen molar-refractivity contribution in [1.29, 1.82) is 0 Å². The third-order valence-electron chi connectivity index (χ3n) is 5.96. The molecule has 1 N–H and O–H groups in total. The molecule has 0 radical (unpaired) electrons. The van der Waals surface area contributed by atoms with E-state index in [0.717, 1.165) is 27.9 Å². The first-order valence-electron chi connectivity index (χ1n) is 11.3. The molecule has 0 atom stereocenters. The van der Waals surface area contributed by atoms with Crippen LogP contribution in [0.1, 0.15) is 22.3 Å². The summed E-state index contributed by atoms with van der Waals surface area (Å²) in [4.78, 5) is 26.2. The van der Waals surface area contributed by atoms with Gasteiger partial charge in [-0.3, -0.25) is 14.0 Å². The minimum absolute atomic E-state index is 0.127. The van der Waals surface area contributed by atoms with Gasteiger partial charge in [0.05, 0.1) is 22.3 Å². The van der Waals surface area contributed by atoms with Crippen molar-refractivity contribution in [3.8, 4) is 5.69 Å². The summed E-state index contributed by atoms with van der Waals surface area (Å²) in [5.74, 6) is 0.439. The van der Waals surface area contributed by atoms with Crippen LogP contribution in [0.4, 0.5) is 5.69 Å². The first kappa shape index (κ1) is 22.9. The largest absolute Gasteiger partial charge is 0.325 e. The summed E-state index contributed by atoms with van der Waals surface area (Å²) in [5.41, 5.74) is 6.41. The van der Waals surface area contributed by atoms with Gasteiger partial charge >= 0.3 is 0 Å². The smallest absolute Gasteiger partial charge is 0.267 e. The summed E-state index contributed by atoms with van der Waals surface area (Å²) in [6, 6.07) is 19.2. The van der Waals surface area contributed by atoms with Crippen LogP contribution in [0.25, 0.3) is 22.4 Å². The fraction of sp³-hybridized carbons (Fsp3) is 0.185. The number of hydrogen-bond acceptors (Lipinski definition) is 5. The molecule has 176 valence electrons. The summed E-state index contributed by atoms with van der Waals surface area (Å²) in [6.07, 6.45) is 0.